The Labute approximate surface area is 119 Å². The van der Waals surface area contributed by atoms with Gasteiger partial charge >= 0.3 is 0 Å². The number of anilines is 1. The number of nitriles is 1. The number of amides is 1. The van der Waals surface area contributed by atoms with Gasteiger partial charge in [0, 0.05) is 26.3 Å². The zero-order valence-corrected chi connectivity index (χ0v) is 11.6. The molecule has 0 bridgehead atoms. The molecule has 20 heavy (non-hydrogen) atoms. The molecule has 5 nitrogen and oxygen atoms in total. The van der Waals surface area contributed by atoms with Crippen LogP contribution < -0.4 is 10.2 Å². The lowest BCUT2D eigenvalue weighted by molar-refractivity contribution is -0.121. The van der Waals surface area contributed by atoms with Crippen molar-refractivity contribution in [2.45, 2.75) is 18.9 Å². The minimum atomic E-state index is -0.0212. The van der Waals surface area contributed by atoms with Gasteiger partial charge in [0.15, 0.2) is 0 Å². The van der Waals surface area contributed by atoms with E-state index >= 15 is 0 Å². The molecular weight excluding hydrogens is 254 g/mol. The molecule has 1 fully saturated rings. The monoisotopic (exact) mass is 273 g/mol. The van der Waals surface area contributed by atoms with Crippen molar-refractivity contribution in [3.05, 3.63) is 29.8 Å². The number of nitrogens with one attached hydrogen (secondary N) is 1. The van der Waals surface area contributed by atoms with Gasteiger partial charge in [0.25, 0.3) is 0 Å². The van der Waals surface area contributed by atoms with E-state index in [1.807, 2.05) is 25.2 Å². The summed E-state index contributed by atoms with van der Waals surface area (Å²) >= 11 is 0. The fourth-order valence-corrected chi connectivity index (χ4v) is 2.32. The molecule has 1 N–H and O–H groups in total. The summed E-state index contributed by atoms with van der Waals surface area (Å²) in [6, 6.07) is 9.63. The molecule has 0 aromatic heterocycles. The summed E-state index contributed by atoms with van der Waals surface area (Å²) in [6.45, 7) is 1.66. The van der Waals surface area contributed by atoms with E-state index in [9.17, 15) is 4.79 Å². The van der Waals surface area contributed by atoms with E-state index in [2.05, 4.69) is 11.4 Å². The smallest absolute Gasteiger partial charge is 0.239 e. The number of likely N-dealkylation sites (N-methyl/N-ethyl adjacent to an activating group) is 1. The minimum Gasteiger partial charge on any atom is -0.381 e. The van der Waals surface area contributed by atoms with Crippen molar-refractivity contribution in [1.82, 2.24) is 5.32 Å². The van der Waals surface area contributed by atoms with Gasteiger partial charge in [-0.1, -0.05) is 12.1 Å². The molecule has 0 saturated carbocycles. The fraction of sp³-hybridized carbons (Fsp3) is 0.467. The van der Waals surface area contributed by atoms with Crippen LogP contribution in [0.2, 0.25) is 0 Å². The van der Waals surface area contributed by atoms with Crippen molar-refractivity contribution in [3.63, 3.8) is 0 Å². The summed E-state index contributed by atoms with van der Waals surface area (Å²) in [5.41, 5.74) is 1.35. The van der Waals surface area contributed by atoms with Gasteiger partial charge < -0.3 is 15.0 Å². The highest BCUT2D eigenvalue weighted by Gasteiger charge is 2.17. The highest BCUT2D eigenvalue weighted by Crippen LogP contribution is 2.17. The Morgan fingerprint density at radius 3 is 2.85 bits per heavy atom. The molecule has 1 aromatic rings. The Hall–Kier alpha value is -2.06. The number of carbonyl (C=O) groups excluding carboxylic acids is 1. The number of nitrogens with zero attached hydrogens (tertiary/aromatic N) is 2. The van der Waals surface area contributed by atoms with Crippen LogP contribution in [-0.4, -0.2) is 38.8 Å². The average Bonchev–Trinajstić information content (AvgIpc) is 2.48. The molecular formula is C15H19N3O2. The summed E-state index contributed by atoms with van der Waals surface area (Å²) in [7, 11) is 1.82. The van der Waals surface area contributed by atoms with E-state index in [0.29, 0.717) is 18.8 Å². The largest absolute Gasteiger partial charge is 0.381 e. The molecule has 0 spiro atoms. The SMILES string of the molecule is CN(CC(=O)NC1CCOCC1)c1ccccc1C#N. The number of hydrogen-bond donors (Lipinski definition) is 1. The van der Waals surface area contributed by atoms with Crippen LogP contribution in [0.15, 0.2) is 24.3 Å². The molecule has 2 rings (SSSR count). The Kier molecular flexibility index (Phi) is 4.97. The van der Waals surface area contributed by atoms with E-state index in [4.69, 9.17) is 10.00 Å². The molecule has 0 unspecified atom stereocenters. The van der Waals surface area contributed by atoms with E-state index < -0.39 is 0 Å². The van der Waals surface area contributed by atoms with Crippen molar-refractivity contribution in [1.29, 1.82) is 5.26 Å². The molecule has 0 atom stereocenters. The van der Waals surface area contributed by atoms with E-state index in [-0.39, 0.29) is 18.5 Å². The highest BCUT2D eigenvalue weighted by molar-refractivity contribution is 5.82. The van der Waals surface area contributed by atoms with Gasteiger partial charge in [-0.15, -0.1) is 0 Å². The molecule has 1 aliphatic rings. The quantitative estimate of drug-likeness (QED) is 0.897. The Bertz CT molecular complexity index is 504. The van der Waals surface area contributed by atoms with Crippen molar-refractivity contribution in [2.24, 2.45) is 0 Å². The number of benzene rings is 1. The van der Waals surface area contributed by atoms with Gasteiger partial charge in [-0.2, -0.15) is 5.26 Å². The van der Waals surface area contributed by atoms with Gasteiger partial charge in [-0.05, 0) is 25.0 Å². The van der Waals surface area contributed by atoms with Gasteiger partial charge in [0.05, 0.1) is 17.8 Å². The van der Waals surface area contributed by atoms with Crippen LogP contribution in [0, 0.1) is 11.3 Å². The summed E-state index contributed by atoms with van der Waals surface area (Å²) in [6.07, 6.45) is 1.73. The molecule has 1 saturated heterocycles. The summed E-state index contributed by atoms with van der Waals surface area (Å²) in [4.78, 5) is 13.8. The molecule has 0 aliphatic carbocycles. The molecule has 106 valence electrons. The Balaban J connectivity index is 1.91. The molecule has 0 radical (unpaired) electrons. The molecule has 1 aliphatic heterocycles. The number of carbonyl (C=O) groups is 1. The van der Waals surface area contributed by atoms with Crippen LogP contribution >= 0.6 is 0 Å². The van der Waals surface area contributed by atoms with E-state index in [0.717, 1.165) is 18.5 Å². The minimum absolute atomic E-state index is 0.0212. The van der Waals surface area contributed by atoms with Gasteiger partial charge in [0.2, 0.25) is 5.91 Å². The third-order valence-electron chi connectivity index (χ3n) is 3.40. The second-order valence-electron chi connectivity index (χ2n) is 4.94. The summed E-state index contributed by atoms with van der Waals surface area (Å²) < 4.78 is 5.26. The van der Waals surface area contributed by atoms with E-state index in [1.165, 1.54) is 0 Å². The lowest BCUT2D eigenvalue weighted by Crippen LogP contribution is -2.43. The first-order valence-electron chi connectivity index (χ1n) is 6.78. The standard InChI is InChI=1S/C15H19N3O2/c1-18(14-5-3-2-4-12(14)10-16)11-15(19)17-13-6-8-20-9-7-13/h2-5,13H,6-9,11H2,1H3,(H,17,19). The fourth-order valence-electron chi connectivity index (χ4n) is 2.32. The van der Waals surface area contributed by atoms with Crippen molar-refractivity contribution >= 4 is 11.6 Å². The number of rotatable bonds is 4. The predicted octanol–water partition coefficient (Wildman–Crippen LogP) is 1.29. The predicted molar refractivity (Wildman–Crippen MR) is 76.4 cm³/mol. The average molecular weight is 273 g/mol. The van der Waals surface area contributed by atoms with Gasteiger partial charge in [0.1, 0.15) is 6.07 Å². The molecule has 1 amide bonds. The summed E-state index contributed by atoms with van der Waals surface area (Å²) in [5.74, 6) is -0.0212. The van der Waals surface area contributed by atoms with Crippen LogP contribution in [-0.2, 0) is 9.53 Å². The van der Waals surface area contributed by atoms with E-state index in [1.54, 1.807) is 11.0 Å². The topological polar surface area (TPSA) is 65.4 Å². The number of hydrogen-bond acceptors (Lipinski definition) is 4. The van der Waals surface area contributed by atoms with Crippen molar-refractivity contribution in [2.75, 3.05) is 31.7 Å². The van der Waals surface area contributed by atoms with Crippen LogP contribution in [0.1, 0.15) is 18.4 Å². The van der Waals surface area contributed by atoms with Gasteiger partial charge in [-0.25, -0.2) is 0 Å². The first-order chi connectivity index (χ1) is 9.70. The Morgan fingerprint density at radius 2 is 2.15 bits per heavy atom. The second-order valence-corrected chi connectivity index (χ2v) is 4.94. The second kappa shape index (κ2) is 6.92. The van der Waals surface area contributed by atoms with Crippen molar-refractivity contribution in [3.8, 4) is 6.07 Å². The zero-order valence-electron chi connectivity index (χ0n) is 11.6. The highest BCUT2D eigenvalue weighted by atomic mass is 16.5. The molecule has 1 aromatic carbocycles. The summed E-state index contributed by atoms with van der Waals surface area (Å²) in [5, 5.41) is 12.1. The third kappa shape index (κ3) is 3.72. The maximum absolute atomic E-state index is 12.0. The zero-order chi connectivity index (χ0) is 14.4. The number of ether oxygens (including phenoxy) is 1. The van der Waals surface area contributed by atoms with Crippen molar-refractivity contribution < 1.29 is 9.53 Å². The normalized spacial score (nSPS) is 15.4. The molecule has 1 heterocycles. The lowest BCUT2D eigenvalue weighted by Gasteiger charge is -2.25. The first-order valence-corrected chi connectivity index (χ1v) is 6.78. The maximum atomic E-state index is 12.0. The van der Waals surface area contributed by atoms with Crippen LogP contribution in [0.3, 0.4) is 0 Å². The van der Waals surface area contributed by atoms with Crippen LogP contribution in [0.4, 0.5) is 5.69 Å². The number of para-hydroxylation sites is 1. The lowest BCUT2D eigenvalue weighted by atomic mass is 10.1. The molecule has 5 heteroatoms. The van der Waals surface area contributed by atoms with Crippen LogP contribution in [0.5, 0.6) is 0 Å². The van der Waals surface area contributed by atoms with Crippen LogP contribution in [0.25, 0.3) is 0 Å². The third-order valence-corrected chi connectivity index (χ3v) is 3.40. The maximum Gasteiger partial charge on any atom is 0.239 e. The Morgan fingerprint density at radius 1 is 1.45 bits per heavy atom. The van der Waals surface area contributed by atoms with Gasteiger partial charge in [-0.3, -0.25) is 4.79 Å². The first kappa shape index (κ1) is 14.4.